The fraction of sp³-hybridized carbons (Fsp3) is 0.357. The van der Waals surface area contributed by atoms with E-state index in [1.807, 2.05) is 31.5 Å². The monoisotopic (exact) mass is 454 g/mol. The zero-order valence-electron chi connectivity index (χ0n) is 20.0. The molecule has 2 aliphatic carbocycles. The smallest absolute Gasteiger partial charge is 0.253 e. The number of carbonyl (C=O) groups is 1. The standard InChI is InChI=1S/C28H30N4O2/c1-18-12-19(2)31-25(13-18)23-16-29-26(30-17-23)20-6-7-28(8-9-28)24-5-4-21(15-22(24)14-20)27(34)32(3)10-11-33/h4-6,12-13,15-17,33H,7-11,14H2,1-3H3. The Labute approximate surface area is 200 Å². The lowest BCUT2D eigenvalue weighted by atomic mass is 9.88. The Kier molecular flexibility index (Phi) is 5.78. The van der Waals surface area contributed by atoms with Crippen molar-refractivity contribution in [3.8, 4) is 11.3 Å². The first-order chi connectivity index (χ1) is 16.4. The minimum absolute atomic E-state index is 0.0475. The van der Waals surface area contributed by atoms with E-state index in [9.17, 15) is 9.90 Å². The van der Waals surface area contributed by atoms with Crippen LogP contribution >= 0.6 is 0 Å². The largest absolute Gasteiger partial charge is 0.395 e. The number of aromatic nitrogens is 3. The van der Waals surface area contributed by atoms with E-state index in [0.717, 1.165) is 34.8 Å². The number of likely N-dealkylation sites (N-methyl/N-ethyl adjacent to an activating group) is 1. The second-order valence-electron chi connectivity index (χ2n) is 9.68. The molecule has 6 nitrogen and oxygen atoms in total. The van der Waals surface area contributed by atoms with Crippen molar-refractivity contribution in [3.63, 3.8) is 0 Å². The van der Waals surface area contributed by atoms with Gasteiger partial charge in [-0.05, 0) is 85.1 Å². The topological polar surface area (TPSA) is 79.2 Å². The maximum absolute atomic E-state index is 12.8. The highest BCUT2D eigenvalue weighted by molar-refractivity contribution is 5.94. The van der Waals surface area contributed by atoms with Gasteiger partial charge >= 0.3 is 0 Å². The van der Waals surface area contributed by atoms with Crippen LogP contribution in [0.4, 0.5) is 0 Å². The molecule has 1 aromatic carbocycles. The fourth-order valence-electron chi connectivity index (χ4n) is 4.98. The first kappa shape index (κ1) is 22.4. The number of benzene rings is 1. The molecule has 0 atom stereocenters. The molecule has 0 bridgehead atoms. The number of amides is 1. The molecule has 0 saturated heterocycles. The van der Waals surface area contributed by atoms with Crippen molar-refractivity contribution in [1.29, 1.82) is 0 Å². The normalized spacial score (nSPS) is 15.9. The Balaban J connectivity index is 1.45. The predicted octanol–water partition coefficient (Wildman–Crippen LogP) is 4.28. The first-order valence-corrected chi connectivity index (χ1v) is 11.9. The molecule has 0 unspecified atom stereocenters. The summed E-state index contributed by atoms with van der Waals surface area (Å²) in [6.45, 7) is 4.33. The summed E-state index contributed by atoms with van der Waals surface area (Å²) in [5.74, 6) is 0.656. The number of aliphatic hydroxyl groups is 1. The summed E-state index contributed by atoms with van der Waals surface area (Å²) in [6, 6.07) is 10.2. The van der Waals surface area contributed by atoms with Gasteiger partial charge in [-0.1, -0.05) is 12.1 Å². The van der Waals surface area contributed by atoms with Crippen LogP contribution in [0.1, 0.15) is 57.8 Å². The van der Waals surface area contributed by atoms with Crippen LogP contribution in [-0.4, -0.2) is 51.1 Å². The van der Waals surface area contributed by atoms with Crippen LogP contribution in [0, 0.1) is 13.8 Å². The third-order valence-electron chi connectivity index (χ3n) is 7.01. The number of aliphatic hydroxyl groups excluding tert-OH is 1. The maximum Gasteiger partial charge on any atom is 0.253 e. The number of aryl methyl sites for hydroxylation is 2. The molecule has 1 amide bonds. The van der Waals surface area contributed by atoms with E-state index in [2.05, 4.69) is 36.2 Å². The van der Waals surface area contributed by atoms with Crippen molar-refractivity contribution in [1.82, 2.24) is 19.9 Å². The van der Waals surface area contributed by atoms with Crippen molar-refractivity contribution in [2.45, 2.75) is 44.9 Å². The Hall–Kier alpha value is -3.38. The molecule has 1 saturated carbocycles. The van der Waals surface area contributed by atoms with Crippen LogP contribution in [0.5, 0.6) is 0 Å². The lowest BCUT2D eigenvalue weighted by Gasteiger charge is -2.19. The van der Waals surface area contributed by atoms with Crippen molar-refractivity contribution in [2.24, 2.45) is 0 Å². The van der Waals surface area contributed by atoms with Crippen LogP contribution in [0.2, 0.25) is 0 Å². The van der Waals surface area contributed by atoms with Crippen LogP contribution in [-0.2, 0) is 11.8 Å². The molecule has 34 heavy (non-hydrogen) atoms. The number of hydrogen-bond acceptors (Lipinski definition) is 5. The van der Waals surface area contributed by atoms with Gasteiger partial charge in [0.2, 0.25) is 0 Å². The molecule has 2 aliphatic rings. The number of carbonyl (C=O) groups excluding carboxylic acids is 1. The van der Waals surface area contributed by atoms with E-state index in [0.29, 0.717) is 18.5 Å². The minimum Gasteiger partial charge on any atom is -0.395 e. The van der Waals surface area contributed by atoms with E-state index in [-0.39, 0.29) is 17.9 Å². The number of pyridine rings is 1. The van der Waals surface area contributed by atoms with Gasteiger partial charge in [-0.15, -0.1) is 0 Å². The van der Waals surface area contributed by atoms with E-state index < -0.39 is 0 Å². The second kappa shape index (κ2) is 8.76. The zero-order valence-corrected chi connectivity index (χ0v) is 20.0. The number of allylic oxidation sites excluding steroid dienone is 2. The summed E-state index contributed by atoms with van der Waals surface area (Å²) in [5.41, 5.74) is 8.39. The highest BCUT2D eigenvalue weighted by Gasteiger charge is 2.45. The average molecular weight is 455 g/mol. The number of rotatable bonds is 5. The Morgan fingerprint density at radius 3 is 2.56 bits per heavy atom. The maximum atomic E-state index is 12.8. The molecule has 1 N–H and O–H groups in total. The molecule has 6 heteroatoms. The van der Waals surface area contributed by atoms with Crippen molar-refractivity contribution in [2.75, 3.05) is 20.2 Å². The lowest BCUT2D eigenvalue weighted by molar-refractivity contribution is 0.0767. The van der Waals surface area contributed by atoms with Crippen LogP contribution in [0.3, 0.4) is 0 Å². The minimum atomic E-state index is -0.0713. The average Bonchev–Trinajstić information content (AvgIpc) is 3.63. The van der Waals surface area contributed by atoms with Crippen LogP contribution in [0.15, 0.2) is 48.8 Å². The number of hydrogen-bond donors (Lipinski definition) is 1. The van der Waals surface area contributed by atoms with Gasteiger partial charge in [0.25, 0.3) is 5.91 Å². The zero-order chi connectivity index (χ0) is 23.9. The van der Waals surface area contributed by atoms with E-state index in [4.69, 9.17) is 9.97 Å². The van der Waals surface area contributed by atoms with Gasteiger partial charge in [0.05, 0.1) is 12.3 Å². The lowest BCUT2D eigenvalue weighted by Crippen LogP contribution is -2.29. The van der Waals surface area contributed by atoms with Crippen molar-refractivity contribution >= 4 is 11.5 Å². The summed E-state index contributed by atoms with van der Waals surface area (Å²) in [5, 5.41) is 9.20. The van der Waals surface area contributed by atoms with Crippen molar-refractivity contribution in [3.05, 3.63) is 82.6 Å². The summed E-state index contributed by atoms with van der Waals surface area (Å²) in [4.78, 5) is 28.4. The molecule has 5 rings (SSSR count). The third-order valence-corrected chi connectivity index (χ3v) is 7.01. The molecular weight excluding hydrogens is 424 g/mol. The van der Waals surface area contributed by atoms with Gasteiger partial charge in [0.1, 0.15) is 0 Å². The van der Waals surface area contributed by atoms with E-state index in [1.54, 1.807) is 11.9 Å². The Bertz CT molecular complexity index is 1260. The highest BCUT2D eigenvalue weighted by atomic mass is 16.3. The summed E-state index contributed by atoms with van der Waals surface area (Å²) < 4.78 is 0. The summed E-state index contributed by atoms with van der Waals surface area (Å²) in [6.07, 6.45) is 10.00. The molecule has 2 aromatic heterocycles. The summed E-state index contributed by atoms with van der Waals surface area (Å²) in [7, 11) is 1.72. The molecular formula is C28H30N4O2. The third kappa shape index (κ3) is 4.26. The van der Waals surface area contributed by atoms with Gasteiger partial charge in [-0.3, -0.25) is 9.78 Å². The molecule has 174 valence electrons. The number of nitrogens with zero attached hydrogens (tertiary/aromatic N) is 4. The highest BCUT2D eigenvalue weighted by Crippen LogP contribution is 2.54. The molecule has 2 heterocycles. The summed E-state index contributed by atoms with van der Waals surface area (Å²) >= 11 is 0. The molecule has 0 aliphatic heterocycles. The molecule has 0 radical (unpaired) electrons. The van der Waals surface area contributed by atoms with Crippen LogP contribution < -0.4 is 0 Å². The van der Waals surface area contributed by atoms with Crippen molar-refractivity contribution < 1.29 is 9.90 Å². The second-order valence-corrected chi connectivity index (χ2v) is 9.68. The van der Waals surface area contributed by atoms with E-state index >= 15 is 0 Å². The number of fused-ring (bicyclic) bond motifs is 2. The van der Waals surface area contributed by atoms with Gasteiger partial charge in [-0.25, -0.2) is 9.97 Å². The Morgan fingerprint density at radius 1 is 1.12 bits per heavy atom. The van der Waals surface area contributed by atoms with Crippen LogP contribution in [0.25, 0.3) is 16.8 Å². The fourth-order valence-corrected chi connectivity index (χ4v) is 4.98. The SMILES string of the molecule is Cc1cc(C)nc(-c2cnc(C3=CCC4(CC4)c4ccc(C(=O)N(C)CCO)cc4C3)nc2)c1. The van der Waals surface area contributed by atoms with Gasteiger partial charge in [0.15, 0.2) is 5.82 Å². The molecule has 1 fully saturated rings. The van der Waals surface area contributed by atoms with Gasteiger partial charge < -0.3 is 10.0 Å². The first-order valence-electron chi connectivity index (χ1n) is 11.9. The van der Waals surface area contributed by atoms with Gasteiger partial charge in [0, 0.05) is 49.2 Å². The van der Waals surface area contributed by atoms with Gasteiger partial charge in [-0.2, -0.15) is 0 Å². The molecule has 3 aromatic rings. The quantitative estimate of drug-likeness (QED) is 0.622. The Morgan fingerprint density at radius 2 is 1.88 bits per heavy atom. The molecule has 1 spiro atoms. The predicted molar refractivity (Wildman–Crippen MR) is 132 cm³/mol. The van der Waals surface area contributed by atoms with E-state index in [1.165, 1.54) is 29.5 Å².